The zero-order valence-corrected chi connectivity index (χ0v) is 54.0. The van der Waals surface area contributed by atoms with Gasteiger partial charge in [-0.1, -0.05) is 133 Å². The van der Waals surface area contributed by atoms with E-state index in [-0.39, 0.29) is 0 Å². The van der Waals surface area contributed by atoms with Crippen LogP contribution in [0.1, 0.15) is 36.1 Å². The van der Waals surface area contributed by atoms with Crippen LogP contribution in [-0.4, -0.2) is 62.7 Å². The van der Waals surface area contributed by atoms with E-state index in [9.17, 15) is 0 Å². The minimum atomic E-state index is 0.393. The van der Waals surface area contributed by atoms with Gasteiger partial charge in [-0.2, -0.15) is 0 Å². The number of allylic oxidation sites excluding steroid dienone is 2. The van der Waals surface area contributed by atoms with Crippen molar-refractivity contribution in [3.05, 3.63) is 289 Å². The normalized spacial score (nSPS) is 18.7. The van der Waals surface area contributed by atoms with Crippen molar-refractivity contribution in [3.8, 4) is 0 Å². The highest BCUT2D eigenvalue weighted by Gasteiger charge is 2.43. The molecule has 0 amide bonds. The summed E-state index contributed by atoms with van der Waals surface area (Å²) in [6.45, 7) is 4.37. The van der Waals surface area contributed by atoms with Crippen molar-refractivity contribution in [3.63, 3.8) is 0 Å². The van der Waals surface area contributed by atoms with E-state index in [1.54, 1.807) is 0 Å². The molecule has 0 saturated heterocycles. The van der Waals surface area contributed by atoms with Crippen LogP contribution in [0.15, 0.2) is 266 Å². The third-order valence-corrected chi connectivity index (χ3v) is 22.2. The summed E-state index contributed by atoms with van der Waals surface area (Å²) in [5.74, 6) is 0. The van der Waals surface area contributed by atoms with Crippen molar-refractivity contribution in [1.82, 2.24) is 9.80 Å². The molecule has 0 saturated carbocycles. The van der Waals surface area contributed by atoms with Gasteiger partial charge in [0.1, 0.15) is 24.7 Å². The maximum absolute atomic E-state index is 2.51. The lowest BCUT2D eigenvalue weighted by Gasteiger charge is -2.24. The van der Waals surface area contributed by atoms with Crippen LogP contribution in [0.25, 0.3) is 86.2 Å². The number of nitrogens with zero attached hydrogens (tertiary/aromatic N) is 8. The van der Waals surface area contributed by atoms with Gasteiger partial charge in [-0.25, -0.2) is 0 Å². The van der Waals surface area contributed by atoms with E-state index >= 15 is 0 Å². The fourth-order valence-electron chi connectivity index (χ4n) is 17.1. The van der Waals surface area contributed by atoms with Gasteiger partial charge in [0.2, 0.25) is 0 Å². The first-order valence-electron chi connectivity index (χ1n) is 33.4. The highest BCUT2D eigenvalue weighted by molar-refractivity contribution is 6.06. The molecule has 0 fully saturated rings. The second-order valence-corrected chi connectivity index (χ2v) is 27.3. The van der Waals surface area contributed by atoms with Crippen molar-refractivity contribution < 1.29 is 0 Å². The Morgan fingerprint density at radius 2 is 0.574 bits per heavy atom. The molecule has 0 aliphatic carbocycles. The Bertz CT molecular complexity index is 5530. The lowest BCUT2D eigenvalue weighted by atomic mass is 9.97. The van der Waals surface area contributed by atoms with E-state index in [0.717, 1.165) is 25.7 Å². The van der Waals surface area contributed by atoms with E-state index in [2.05, 4.69) is 336 Å². The number of likely N-dealkylation sites (N-methyl/N-ethyl adjacent to an activating group) is 4. The summed E-state index contributed by atoms with van der Waals surface area (Å²) in [4.78, 5) is 19.5. The van der Waals surface area contributed by atoms with Crippen LogP contribution in [0, 0.1) is 0 Å². The summed E-state index contributed by atoms with van der Waals surface area (Å²) < 4.78 is 0. The van der Waals surface area contributed by atoms with Crippen molar-refractivity contribution in [2.75, 3.05) is 57.6 Å². The third-order valence-electron chi connectivity index (χ3n) is 22.2. The van der Waals surface area contributed by atoms with Gasteiger partial charge in [0.25, 0.3) is 0 Å². The average Bonchev–Trinajstić information content (AvgIpc) is 1.28. The number of hydrogen-bond acceptors (Lipinski definition) is 8. The standard InChI is InChI=1S/2C23H18N2.2C20H18N2/c1-24-20-8-4-5-9-21(20)25-22-13-18-11-16-7-3-2-6-15(16)10-17(18)12-19(22)14-23(24)25;1-24-21-8-4-5-9-22(21)25-20-11-10-17-12-15-6-2-3-7-16(15)13-18(17)19(20)14-23(24)25;1-13-12-22-19-10-17-8-15-6-4-3-5-14(15)7-16(17)9-18(19)11-20(22)21(13)2;1-13-12-22-19-8-7-16-9-14-5-3-4-6-15(14)10-17(16)18(19)11-20(22)21(13)2/h2*2-13,23H,14H2,1H3;2*3-10,12,20H,11H2,1-2H3. The molecule has 4 unspecified atom stereocenters. The summed E-state index contributed by atoms with van der Waals surface area (Å²) in [5.41, 5.74) is 19.4. The maximum atomic E-state index is 2.51. The molecule has 0 N–H and O–H groups in total. The number of fused-ring (bicyclic) bond motifs is 26. The van der Waals surface area contributed by atoms with E-state index in [1.165, 1.54) is 165 Å². The van der Waals surface area contributed by atoms with Gasteiger partial charge in [0, 0.05) is 100 Å². The summed E-state index contributed by atoms with van der Waals surface area (Å²) in [7, 11) is 8.81. The van der Waals surface area contributed by atoms with Crippen LogP contribution >= 0.6 is 0 Å². The third kappa shape index (κ3) is 8.37. The van der Waals surface area contributed by atoms with Gasteiger partial charge < -0.3 is 39.2 Å². The molecule has 0 bridgehead atoms. The van der Waals surface area contributed by atoms with Gasteiger partial charge in [0.15, 0.2) is 0 Å². The van der Waals surface area contributed by atoms with Crippen LogP contribution in [0.5, 0.6) is 0 Å². The van der Waals surface area contributed by atoms with Gasteiger partial charge in [-0.05, 0) is 231 Å². The summed E-state index contributed by atoms with van der Waals surface area (Å²) in [6, 6.07) is 89.3. The number of benzene rings is 14. The van der Waals surface area contributed by atoms with Gasteiger partial charge in [-0.3, -0.25) is 0 Å². The number of hydrogen-bond donors (Lipinski definition) is 0. The molecule has 22 rings (SSSR count). The Labute approximate surface area is 548 Å². The van der Waals surface area contributed by atoms with E-state index in [1.807, 2.05) is 0 Å². The second kappa shape index (κ2) is 20.8. The molecule has 456 valence electrons. The van der Waals surface area contributed by atoms with Gasteiger partial charge >= 0.3 is 0 Å². The van der Waals surface area contributed by atoms with Crippen LogP contribution in [0.3, 0.4) is 0 Å². The number of para-hydroxylation sites is 4. The van der Waals surface area contributed by atoms with Crippen LogP contribution in [-0.2, 0) is 25.7 Å². The lowest BCUT2D eigenvalue weighted by Crippen LogP contribution is -2.35. The molecule has 14 aromatic carbocycles. The predicted molar refractivity (Wildman–Crippen MR) is 398 cm³/mol. The van der Waals surface area contributed by atoms with Gasteiger partial charge in [0.05, 0.1) is 22.7 Å². The Morgan fingerprint density at radius 3 is 1.06 bits per heavy atom. The van der Waals surface area contributed by atoms with Crippen LogP contribution in [0.2, 0.25) is 0 Å². The van der Waals surface area contributed by atoms with Crippen molar-refractivity contribution in [2.24, 2.45) is 0 Å². The van der Waals surface area contributed by atoms with E-state index < -0.39 is 0 Å². The summed E-state index contributed by atoms with van der Waals surface area (Å²) in [5, 5.41) is 21.4. The predicted octanol–water partition coefficient (Wildman–Crippen LogP) is 19.9. The van der Waals surface area contributed by atoms with Crippen LogP contribution in [0.4, 0.5) is 45.5 Å². The van der Waals surface area contributed by atoms with E-state index in [4.69, 9.17) is 0 Å². The number of rotatable bonds is 0. The zero-order chi connectivity index (χ0) is 62.8. The molecule has 8 heteroatoms. The Morgan fingerprint density at radius 1 is 0.245 bits per heavy atom. The molecule has 0 radical (unpaired) electrons. The fourth-order valence-corrected chi connectivity index (χ4v) is 17.1. The minimum Gasteiger partial charge on any atom is -0.356 e. The summed E-state index contributed by atoms with van der Waals surface area (Å²) in [6.07, 6.45) is 10.6. The topological polar surface area (TPSA) is 25.9 Å². The molecule has 4 atom stereocenters. The van der Waals surface area contributed by atoms with Gasteiger partial charge in [-0.15, -0.1) is 0 Å². The van der Waals surface area contributed by atoms with Crippen molar-refractivity contribution in [1.29, 1.82) is 0 Å². The average molecular weight is 1220 g/mol. The highest BCUT2D eigenvalue weighted by Crippen LogP contribution is 2.53. The molecule has 8 heterocycles. The molecular formula is C86H72N8. The molecule has 8 aliphatic heterocycles. The first-order chi connectivity index (χ1) is 46.0. The number of anilines is 8. The van der Waals surface area contributed by atoms with Crippen LogP contribution < -0.4 is 29.4 Å². The first kappa shape index (κ1) is 54.7. The van der Waals surface area contributed by atoms with E-state index in [0.29, 0.717) is 24.7 Å². The molecule has 14 aromatic rings. The molecule has 8 nitrogen and oxygen atoms in total. The Balaban J connectivity index is 0.0000000891. The highest BCUT2D eigenvalue weighted by atomic mass is 15.4. The maximum Gasteiger partial charge on any atom is 0.110 e. The van der Waals surface area contributed by atoms with Crippen molar-refractivity contribution >= 4 is 132 Å². The fraction of sp³-hybridized carbons (Fsp3) is 0.163. The monoisotopic (exact) mass is 1220 g/mol. The Kier molecular flexibility index (Phi) is 12.1. The molecular weight excluding hydrogens is 1150 g/mol. The second-order valence-electron chi connectivity index (χ2n) is 27.3. The zero-order valence-electron chi connectivity index (χ0n) is 54.0. The quantitative estimate of drug-likeness (QED) is 0.139. The SMILES string of the molecule is CC1=CN2c3cc4cc5ccccc5cc4cc3CC2N1C.CC1=CN2c3ccc4cc5ccccc5cc4c3CC2N1C.CN1c2ccccc2N2c3cc4cc5ccccc5cc4cc3CC12.CN1c2ccccc2N2c3ccc4cc5ccccc5cc4c3CC12. The first-order valence-corrected chi connectivity index (χ1v) is 33.4. The minimum absolute atomic E-state index is 0.393. The smallest absolute Gasteiger partial charge is 0.110 e. The molecule has 0 aromatic heterocycles. The summed E-state index contributed by atoms with van der Waals surface area (Å²) >= 11 is 0. The largest absolute Gasteiger partial charge is 0.356 e. The van der Waals surface area contributed by atoms with Crippen molar-refractivity contribution in [2.45, 2.75) is 64.2 Å². The Hall–Kier alpha value is -11.0. The molecule has 8 aliphatic rings. The molecule has 0 spiro atoms. The molecule has 94 heavy (non-hydrogen) atoms. The lowest BCUT2D eigenvalue weighted by molar-refractivity contribution is 0.344.